The third kappa shape index (κ3) is 1.14. The minimum atomic E-state index is -0.283. The molecule has 0 saturated heterocycles. The number of carbonyl (C=O) groups excluding carboxylic acids is 1. The van der Waals surface area contributed by atoms with Crippen molar-refractivity contribution in [1.82, 2.24) is 0 Å². The van der Waals surface area contributed by atoms with Crippen LogP contribution in [-0.2, 0) is 0 Å². The zero-order chi connectivity index (χ0) is 12.3. The number of ether oxygens (including phenoxy) is 1. The van der Waals surface area contributed by atoms with Gasteiger partial charge in [0.25, 0.3) is 0 Å². The maximum atomic E-state index is 12.4. The Morgan fingerprint density at radius 1 is 1.22 bits per heavy atom. The third-order valence-corrected chi connectivity index (χ3v) is 4.23. The Balaban J connectivity index is 1.76. The van der Waals surface area contributed by atoms with Crippen molar-refractivity contribution in [3.05, 3.63) is 59.5 Å². The van der Waals surface area contributed by atoms with Crippen molar-refractivity contribution in [2.75, 3.05) is 0 Å². The summed E-state index contributed by atoms with van der Waals surface area (Å²) in [4.78, 5) is 12.4. The predicted molar refractivity (Wildman–Crippen MR) is 68.5 cm³/mol. The standard InChI is InChI=1S/C15H10ClO2/c16-9-5-7-15(8-6-9)12-13(17)10-3-1-2-4-11(10)18-14(12)15/h1-8,12,14H/q+1/t12-,14+/m0/s1. The van der Waals surface area contributed by atoms with Crippen LogP contribution in [0.2, 0.25) is 0 Å². The number of para-hydroxylation sites is 1. The number of hydrogen-bond donors (Lipinski definition) is 0. The van der Waals surface area contributed by atoms with Crippen LogP contribution >= 0.6 is 11.6 Å². The van der Waals surface area contributed by atoms with Crippen molar-refractivity contribution < 1.29 is 9.53 Å². The number of fused-ring (bicyclic) bond motifs is 4. The fraction of sp³-hybridized carbons (Fsp3) is 0.200. The van der Waals surface area contributed by atoms with E-state index in [2.05, 4.69) is 0 Å². The lowest BCUT2D eigenvalue weighted by atomic mass is 9.94. The fourth-order valence-corrected chi connectivity index (χ4v) is 3.09. The Labute approximate surface area is 110 Å². The van der Waals surface area contributed by atoms with Gasteiger partial charge in [0, 0.05) is 12.2 Å². The van der Waals surface area contributed by atoms with Crippen LogP contribution in [0, 0.1) is 16.7 Å². The summed E-state index contributed by atoms with van der Waals surface area (Å²) in [6.07, 6.45) is 7.61. The predicted octanol–water partition coefficient (Wildman–Crippen LogP) is 3.14. The maximum absolute atomic E-state index is 12.4. The average Bonchev–Trinajstić information content (AvgIpc) is 3.01. The highest BCUT2D eigenvalue weighted by molar-refractivity contribution is 6.30. The molecule has 1 aromatic carbocycles. The maximum Gasteiger partial charge on any atom is 0.177 e. The van der Waals surface area contributed by atoms with Gasteiger partial charge < -0.3 is 4.74 Å². The number of halogens is 1. The molecule has 0 aromatic heterocycles. The van der Waals surface area contributed by atoms with Gasteiger partial charge in [-0.15, -0.1) is 0 Å². The Morgan fingerprint density at radius 2 is 1.94 bits per heavy atom. The fourth-order valence-electron chi connectivity index (χ4n) is 2.96. The molecule has 4 rings (SSSR count). The van der Waals surface area contributed by atoms with Crippen LogP contribution in [0.25, 0.3) is 0 Å². The molecule has 1 heterocycles. The number of benzene rings is 1. The first-order valence-corrected chi connectivity index (χ1v) is 6.31. The Hall–Kier alpha value is -1.67. The largest absolute Gasteiger partial charge is 0.485 e. The lowest BCUT2D eigenvalue weighted by Gasteiger charge is -2.13. The van der Waals surface area contributed by atoms with Crippen molar-refractivity contribution in [1.29, 1.82) is 0 Å². The first-order valence-electron chi connectivity index (χ1n) is 5.93. The zero-order valence-electron chi connectivity index (χ0n) is 9.47. The van der Waals surface area contributed by atoms with E-state index in [4.69, 9.17) is 16.3 Å². The molecule has 1 fully saturated rings. The molecule has 3 heteroatoms. The topological polar surface area (TPSA) is 26.3 Å². The van der Waals surface area contributed by atoms with Crippen LogP contribution in [-0.4, -0.2) is 11.9 Å². The summed E-state index contributed by atoms with van der Waals surface area (Å²) >= 11 is 5.91. The molecule has 2 aliphatic carbocycles. The van der Waals surface area contributed by atoms with Crippen molar-refractivity contribution >= 4 is 17.4 Å². The van der Waals surface area contributed by atoms with Gasteiger partial charge in [-0.05, 0) is 23.7 Å². The summed E-state index contributed by atoms with van der Waals surface area (Å²) in [5, 5.41) is 0.689. The molecule has 88 valence electrons. The van der Waals surface area contributed by atoms with Gasteiger partial charge in [-0.25, -0.2) is 0 Å². The first kappa shape index (κ1) is 10.3. The molecule has 3 aliphatic rings. The molecule has 0 unspecified atom stereocenters. The number of Topliss-reactive ketones (excluding diaryl/α,β-unsaturated/α-hetero) is 1. The van der Waals surface area contributed by atoms with E-state index in [-0.39, 0.29) is 23.2 Å². The van der Waals surface area contributed by atoms with E-state index in [1.165, 1.54) is 0 Å². The molecule has 0 N–H and O–H groups in total. The normalized spacial score (nSPS) is 29.8. The van der Waals surface area contributed by atoms with E-state index in [0.29, 0.717) is 16.7 Å². The molecular weight excluding hydrogens is 248 g/mol. The quantitative estimate of drug-likeness (QED) is 0.668. The summed E-state index contributed by atoms with van der Waals surface area (Å²) in [5.41, 5.74) is 0.409. The zero-order valence-corrected chi connectivity index (χ0v) is 10.2. The van der Waals surface area contributed by atoms with Gasteiger partial charge in [0.15, 0.2) is 5.78 Å². The number of ketones is 1. The molecular formula is C15H10ClO2+. The minimum Gasteiger partial charge on any atom is -0.485 e. The Kier molecular flexibility index (Phi) is 1.83. The van der Waals surface area contributed by atoms with Gasteiger partial charge in [-0.3, -0.25) is 4.79 Å². The number of hydrogen-bond acceptors (Lipinski definition) is 2. The molecule has 2 atom stereocenters. The summed E-state index contributed by atoms with van der Waals surface area (Å²) in [7, 11) is 0. The van der Waals surface area contributed by atoms with Crippen molar-refractivity contribution in [2.45, 2.75) is 6.10 Å². The molecule has 2 nitrogen and oxygen atoms in total. The second-order valence-corrected chi connectivity index (χ2v) is 5.36. The van der Waals surface area contributed by atoms with E-state index in [9.17, 15) is 4.79 Å². The van der Waals surface area contributed by atoms with Gasteiger partial charge in [-0.1, -0.05) is 12.1 Å². The first-order chi connectivity index (χ1) is 8.72. The van der Waals surface area contributed by atoms with Crippen molar-refractivity contribution in [2.24, 2.45) is 11.3 Å². The SMILES string of the molecule is O=C1c2ccccc2O[C@@H]2[C@H]1C21C=C[C+](Cl)C=C1. The molecule has 0 bridgehead atoms. The second kappa shape index (κ2) is 3.21. The summed E-state index contributed by atoms with van der Waals surface area (Å²) in [6, 6.07) is 7.44. The highest BCUT2D eigenvalue weighted by Gasteiger charge is 2.74. The van der Waals surface area contributed by atoms with E-state index in [0.717, 1.165) is 0 Å². The summed E-state index contributed by atoms with van der Waals surface area (Å²) in [5.74, 6) is 0.780. The summed E-state index contributed by atoms with van der Waals surface area (Å²) < 4.78 is 5.93. The van der Waals surface area contributed by atoms with Crippen LogP contribution < -0.4 is 4.74 Å². The van der Waals surface area contributed by atoms with Crippen LogP contribution in [0.3, 0.4) is 0 Å². The van der Waals surface area contributed by atoms with Gasteiger partial charge in [-0.2, -0.15) is 0 Å². The smallest absolute Gasteiger partial charge is 0.177 e. The molecule has 1 spiro atoms. The van der Waals surface area contributed by atoms with E-state index in [1.54, 1.807) is 0 Å². The second-order valence-electron chi connectivity index (χ2n) is 4.93. The van der Waals surface area contributed by atoms with Crippen LogP contribution in [0.4, 0.5) is 0 Å². The third-order valence-electron chi connectivity index (χ3n) is 3.98. The van der Waals surface area contributed by atoms with Crippen LogP contribution in [0.1, 0.15) is 10.4 Å². The number of allylic oxidation sites excluding steroid dienone is 2. The van der Waals surface area contributed by atoms with Crippen LogP contribution in [0.5, 0.6) is 5.75 Å². The van der Waals surface area contributed by atoms with Gasteiger partial charge in [0.2, 0.25) is 0 Å². The van der Waals surface area contributed by atoms with E-state index >= 15 is 0 Å². The molecule has 18 heavy (non-hydrogen) atoms. The van der Waals surface area contributed by atoms with Gasteiger partial charge in [0.05, 0.1) is 17.7 Å². The number of carbonyl (C=O) groups is 1. The highest BCUT2D eigenvalue weighted by atomic mass is 35.5. The summed E-state index contributed by atoms with van der Waals surface area (Å²) in [6.45, 7) is 0. The Morgan fingerprint density at radius 3 is 2.72 bits per heavy atom. The van der Waals surface area contributed by atoms with E-state index < -0.39 is 0 Å². The van der Waals surface area contributed by atoms with Crippen LogP contribution in [0.15, 0.2) is 48.6 Å². The molecule has 1 aromatic rings. The van der Waals surface area contributed by atoms with Crippen molar-refractivity contribution in [3.63, 3.8) is 0 Å². The van der Waals surface area contributed by atoms with Gasteiger partial charge in [0.1, 0.15) is 28.6 Å². The van der Waals surface area contributed by atoms with Gasteiger partial charge >= 0.3 is 0 Å². The average molecular weight is 258 g/mol. The monoisotopic (exact) mass is 257 g/mol. The minimum absolute atomic E-state index is 0.0721. The Bertz CT molecular complexity index is 588. The van der Waals surface area contributed by atoms with Crippen molar-refractivity contribution in [3.8, 4) is 5.75 Å². The lowest BCUT2D eigenvalue weighted by molar-refractivity contribution is 0.0918. The molecule has 0 radical (unpaired) electrons. The molecule has 1 aliphatic heterocycles. The van der Waals surface area contributed by atoms with E-state index in [1.807, 2.05) is 48.6 Å². The number of rotatable bonds is 0. The highest BCUT2D eigenvalue weighted by Crippen LogP contribution is 2.62. The lowest BCUT2D eigenvalue weighted by Crippen LogP contribution is -2.16. The molecule has 1 saturated carbocycles. The molecule has 0 amide bonds.